The van der Waals surface area contributed by atoms with Crippen LogP contribution in [0.3, 0.4) is 0 Å². The minimum atomic E-state index is -0.117. The molecule has 6 heteroatoms. The zero-order valence-corrected chi connectivity index (χ0v) is 17.1. The molecule has 3 aromatic rings. The molecule has 1 aliphatic heterocycles. The quantitative estimate of drug-likeness (QED) is 0.723. The van der Waals surface area contributed by atoms with E-state index in [0.29, 0.717) is 5.69 Å². The number of likely N-dealkylation sites (tertiary alicyclic amines) is 1. The Labute approximate surface area is 170 Å². The molecule has 6 nitrogen and oxygen atoms in total. The van der Waals surface area contributed by atoms with Gasteiger partial charge in [0.15, 0.2) is 0 Å². The molecule has 2 aromatic heterocycles. The lowest BCUT2D eigenvalue weighted by atomic mass is 10.0. The zero-order chi connectivity index (χ0) is 20.4. The third kappa shape index (κ3) is 4.22. The van der Waals surface area contributed by atoms with Crippen molar-refractivity contribution in [3.05, 3.63) is 75.6 Å². The summed E-state index contributed by atoms with van der Waals surface area (Å²) < 4.78 is 5.42. The Kier molecular flexibility index (Phi) is 5.45. The number of hydrogen-bond acceptors (Lipinski definition) is 5. The molecule has 1 atom stereocenters. The van der Waals surface area contributed by atoms with Crippen LogP contribution in [0.2, 0.25) is 0 Å². The largest absolute Gasteiger partial charge is 0.496 e. The van der Waals surface area contributed by atoms with Crippen LogP contribution >= 0.6 is 0 Å². The molecule has 3 heterocycles. The van der Waals surface area contributed by atoms with Crippen LogP contribution in [0.5, 0.6) is 5.75 Å². The molecular formula is C23H26N4O2. The SMILES string of the molecule is COc1cc(C)c(CN2CC[C@@H](c3nc(-c4cccnc4)cc(=O)[nH]3)C2)cc1C. The van der Waals surface area contributed by atoms with E-state index < -0.39 is 0 Å². The highest BCUT2D eigenvalue weighted by Crippen LogP contribution is 2.29. The maximum absolute atomic E-state index is 12.2. The molecule has 0 radical (unpaired) electrons. The molecule has 4 rings (SSSR count). The van der Waals surface area contributed by atoms with Crippen LogP contribution in [0, 0.1) is 13.8 Å². The van der Waals surface area contributed by atoms with Crippen molar-refractivity contribution in [2.75, 3.05) is 20.2 Å². The minimum absolute atomic E-state index is 0.117. The third-order valence-corrected chi connectivity index (χ3v) is 5.62. The molecule has 1 N–H and O–H groups in total. The summed E-state index contributed by atoms with van der Waals surface area (Å²) in [6.45, 7) is 6.95. The number of benzene rings is 1. The molecular weight excluding hydrogens is 364 g/mol. The van der Waals surface area contributed by atoms with Crippen LogP contribution in [-0.2, 0) is 6.54 Å². The summed E-state index contributed by atoms with van der Waals surface area (Å²) in [5.74, 6) is 1.92. The molecule has 0 amide bonds. The molecule has 150 valence electrons. The second kappa shape index (κ2) is 8.17. The number of hydrogen-bond donors (Lipinski definition) is 1. The number of nitrogens with one attached hydrogen (secondary N) is 1. The second-order valence-electron chi connectivity index (χ2n) is 7.73. The topological polar surface area (TPSA) is 71.1 Å². The van der Waals surface area contributed by atoms with Crippen molar-refractivity contribution in [3.8, 4) is 17.0 Å². The van der Waals surface area contributed by atoms with Crippen molar-refractivity contribution in [2.24, 2.45) is 0 Å². The van der Waals surface area contributed by atoms with Crippen molar-refractivity contribution in [3.63, 3.8) is 0 Å². The highest BCUT2D eigenvalue weighted by molar-refractivity contribution is 5.57. The summed E-state index contributed by atoms with van der Waals surface area (Å²) in [5.41, 5.74) is 5.12. The monoisotopic (exact) mass is 390 g/mol. The van der Waals surface area contributed by atoms with Crippen LogP contribution in [0.25, 0.3) is 11.3 Å². The normalized spacial score (nSPS) is 16.9. The van der Waals surface area contributed by atoms with Gasteiger partial charge in [0, 0.05) is 43.0 Å². The molecule has 1 aliphatic rings. The standard InChI is InChI=1S/C23H26N4O2/c1-15-10-21(29-3)16(2)9-19(15)14-27-8-6-18(13-27)23-25-20(11-22(28)26-23)17-5-4-7-24-12-17/h4-5,7,9-12,18H,6,8,13-14H2,1-3H3,(H,25,26,28)/t18-/m1/s1. The van der Waals surface area contributed by atoms with Crippen molar-refractivity contribution >= 4 is 0 Å². The van der Waals surface area contributed by atoms with Gasteiger partial charge in [0.25, 0.3) is 5.56 Å². The van der Waals surface area contributed by atoms with Gasteiger partial charge >= 0.3 is 0 Å². The number of methoxy groups -OCH3 is 1. The maximum atomic E-state index is 12.2. The lowest BCUT2D eigenvalue weighted by Gasteiger charge is -2.19. The van der Waals surface area contributed by atoms with Gasteiger partial charge in [-0.05, 0) is 61.7 Å². The van der Waals surface area contributed by atoms with Gasteiger partial charge in [0.2, 0.25) is 0 Å². The Morgan fingerprint density at radius 1 is 1.24 bits per heavy atom. The molecule has 0 unspecified atom stereocenters. The van der Waals surface area contributed by atoms with Gasteiger partial charge in [-0.3, -0.25) is 14.7 Å². The van der Waals surface area contributed by atoms with Gasteiger partial charge in [-0.15, -0.1) is 0 Å². The van der Waals surface area contributed by atoms with Gasteiger partial charge in [-0.2, -0.15) is 0 Å². The van der Waals surface area contributed by atoms with E-state index in [2.05, 4.69) is 40.8 Å². The molecule has 1 saturated heterocycles. The fourth-order valence-corrected chi connectivity index (χ4v) is 4.01. The molecule has 0 bridgehead atoms. The maximum Gasteiger partial charge on any atom is 0.251 e. The molecule has 0 aliphatic carbocycles. The van der Waals surface area contributed by atoms with Gasteiger partial charge < -0.3 is 9.72 Å². The van der Waals surface area contributed by atoms with Crippen molar-refractivity contribution < 1.29 is 4.74 Å². The summed E-state index contributed by atoms with van der Waals surface area (Å²) in [7, 11) is 1.71. The summed E-state index contributed by atoms with van der Waals surface area (Å²) >= 11 is 0. The number of H-pyrrole nitrogens is 1. The first-order valence-corrected chi connectivity index (χ1v) is 9.91. The minimum Gasteiger partial charge on any atom is -0.496 e. The Balaban J connectivity index is 1.51. The van der Waals surface area contributed by atoms with E-state index >= 15 is 0 Å². The number of aromatic nitrogens is 3. The number of aromatic amines is 1. The van der Waals surface area contributed by atoms with Crippen molar-refractivity contribution in [1.82, 2.24) is 19.9 Å². The Morgan fingerprint density at radius 2 is 2.10 bits per heavy atom. The van der Waals surface area contributed by atoms with Crippen LogP contribution in [0.4, 0.5) is 0 Å². The fraction of sp³-hybridized carbons (Fsp3) is 0.348. The van der Waals surface area contributed by atoms with E-state index in [0.717, 1.165) is 48.8 Å². The summed E-state index contributed by atoms with van der Waals surface area (Å²) in [6.07, 6.45) is 4.43. The first kappa shape index (κ1) is 19.3. The lowest BCUT2D eigenvalue weighted by Crippen LogP contribution is -2.22. The molecule has 29 heavy (non-hydrogen) atoms. The summed E-state index contributed by atoms with van der Waals surface area (Å²) in [4.78, 5) is 26.5. The van der Waals surface area contributed by atoms with Gasteiger partial charge in [0.1, 0.15) is 11.6 Å². The van der Waals surface area contributed by atoms with Crippen LogP contribution in [0.15, 0.2) is 47.5 Å². The highest BCUT2D eigenvalue weighted by Gasteiger charge is 2.26. The predicted molar refractivity (Wildman–Crippen MR) is 113 cm³/mol. The summed E-state index contributed by atoms with van der Waals surface area (Å²) in [5, 5.41) is 0. The van der Waals surface area contributed by atoms with E-state index in [-0.39, 0.29) is 11.5 Å². The Morgan fingerprint density at radius 3 is 2.86 bits per heavy atom. The van der Waals surface area contributed by atoms with Crippen LogP contribution < -0.4 is 10.3 Å². The average molecular weight is 390 g/mol. The smallest absolute Gasteiger partial charge is 0.251 e. The van der Waals surface area contributed by atoms with E-state index in [1.54, 1.807) is 19.5 Å². The van der Waals surface area contributed by atoms with Gasteiger partial charge in [0.05, 0.1) is 12.8 Å². The van der Waals surface area contributed by atoms with E-state index in [1.165, 1.54) is 17.2 Å². The predicted octanol–water partition coefficient (Wildman–Crippen LogP) is 3.45. The second-order valence-corrected chi connectivity index (χ2v) is 7.73. The molecule has 0 saturated carbocycles. The van der Waals surface area contributed by atoms with E-state index in [4.69, 9.17) is 9.72 Å². The molecule has 1 aromatic carbocycles. The number of rotatable bonds is 5. The third-order valence-electron chi connectivity index (χ3n) is 5.62. The summed E-state index contributed by atoms with van der Waals surface area (Å²) in [6, 6.07) is 9.64. The zero-order valence-electron chi connectivity index (χ0n) is 17.1. The number of pyridine rings is 1. The molecule has 0 spiro atoms. The Bertz CT molecular complexity index is 1060. The van der Waals surface area contributed by atoms with Gasteiger partial charge in [-0.25, -0.2) is 4.98 Å². The van der Waals surface area contributed by atoms with E-state index in [1.807, 2.05) is 12.1 Å². The first-order chi connectivity index (χ1) is 14.0. The fourth-order valence-electron chi connectivity index (χ4n) is 4.01. The first-order valence-electron chi connectivity index (χ1n) is 9.91. The number of nitrogens with zero attached hydrogens (tertiary/aromatic N) is 3. The van der Waals surface area contributed by atoms with Crippen LogP contribution in [-0.4, -0.2) is 40.1 Å². The average Bonchev–Trinajstić information content (AvgIpc) is 3.19. The highest BCUT2D eigenvalue weighted by atomic mass is 16.5. The van der Waals surface area contributed by atoms with Crippen molar-refractivity contribution in [1.29, 1.82) is 0 Å². The Hall–Kier alpha value is -2.99. The van der Waals surface area contributed by atoms with Gasteiger partial charge in [-0.1, -0.05) is 6.07 Å². The number of aryl methyl sites for hydroxylation is 2. The lowest BCUT2D eigenvalue weighted by molar-refractivity contribution is 0.324. The van der Waals surface area contributed by atoms with E-state index in [9.17, 15) is 4.79 Å². The van der Waals surface area contributed by atoms with Crippen molar-refractivity contribution in [2.45, 2.75) is 32.7 Å². The number of ether oxygens (including phenoxy) is 1. The van der Waals surface area contributed by atoms with Crippen LogP contribution in [0.1, 0.15) is 34.9 Å². The molecule has 1 fully saturated rings.